The highest BCUT2D eigenvalue weighted by Crippen LogP contribution is 2.17. The van der Waals surface area contributed by atoms with Crippen molar-refractivity contribution in [3.05, 3.63) is 0 Å². The van der Waals surface area contributed by atoms with Crippen molar-refractivity contribution in [2.75, 3.05) is 19.7 Å². The van der Waals surface area contributed by atoms with Crippen molar-refractivity contribution in [3.8, 4) is 0 Å². The molecule has 1 unspecified atom stereocenters. The van der Waals surface area contributed by atoms with Crippen LogP contribution in [0.25, 0.3) is 0 Å². The Bertz CT molecular complexity index is 183. The van der Waals surface area contributed by atoms with Crippen LogP contribution in [0.5, 0.6) is 0 Å². The molecule has 0 aromatic heterocycles. The fourth-order valence-electron chi connectivity index (χ4n) is 1.06. The van der Waals surface area contributed by atoms with E-state index in [4.69, 9.17) is 16.6 Å². The number of nitrogens with two attached hydrogens (primary N) is 2. The number of carbonyl (C=O) groups excluding carboxylic acids is 1. The van der Waals surface area contributed by atoms with Crippen LogP contribution in [0.2, 0.25) is 0 Å². The van der Waals surface area contributed by atoms with Gasteiger partial charge in [0.15, 0.2) is 0 Å². The van der Waals surface area contributed by atoms with Gasteiger partial charge in [-0.3, -0.25) is 4.79 Å². The normalized spacial score (nSPS) is 14.0. The highest BCUT2D eigenvalue weighted by atomic mass is 16.3. The average Bonchev–Trinajstić information content (AvgIpc) is 2.03. The number of nitrogens with one attached hydrogen (secondary N) is 1. The molecule has 6 N–H and O–H groups in total. The summed E-state index contributed by atoms with van der Waals surface area (Å²) in [4.78, 5) is 10.6. The van der Waals surface area contributed by atoms with Gasteiger partial charge in [-0.15, -0.1) is 0 Å². The van der Waals surface area contributed by atoms with Crippen LogP contribution in [-0.4, -0.2) is 36.8 Å². The molecule has 0 spiro atoms. The number of amides is 1. The summed E-state index contributed by atoms with van der Waals surface area (Å²) in [6.07, 6.45) is 0.714. The molecule has 1 amide bonds. The van der Waals surface area contributed by atoms with E-state index in [1.54, 1.807) is 0 Å². The zero-order chi connectivity index (χ0) is 11.2. The van der Waals surface area contributed by atoms with Crippen LogP contribution in [0.4, 0.5) is 0 Å². The van der Waals surface area contributed by atoms with E-state index in [1.165, 1.54) is 0 Å². The minimum atomic E-state index is -0.639. The zero-order valence-corrected chi connectivity index (χ0v) is 8.92. The molecule has 5 nitrogen and oxygen atoms in total. The van der Waals surface area contributed by atoms with Crippen LogP contribution in [0.15, 0.2) is 0 Å². The number of aliphatic hydroxyl groups is 1. The van der Waals surface area contributed by atoms with Crippen molar-refractivity contribution in [2.24, 2.45) is 16.9 Å². The van der Waals surface area contributed by atoms with Gasteiger partial charge in [0.05, 0.1) is 6.04 Å². The molecule has 0 rings (SSSR count). The zero-order valence-electron chi connectivity index (χ0n) is 8.92. The monoisotopic (exact) mass is 203 g/mol. The lowest BCUT2D eigenvalue weighted by atomic mass is 9.90. The minimum Gasteiger partial charge on any atom is -0.396 e. The topological polar surface area (TPSA) is 101 Å². The molecular formula is C9H21N3O2. The van der Waals surface area contributed by atoms with Gasteiger partial charge in [0.1, 0.15) is 0 Å². The van der Waals surface area contributed by atoms with Crippen LogP contribution in [-0.2, 0) is 4.79 Å². The summed E-state index contributed by atoms with van der Waals surface area (Å²) >= 11 is 0. The Labute approximate surface area is 84.8 Å². The number of hydrogen-bond acceptors (Lipinski definition) is 4. The highest BCUT2D eigenvalue weighted by Gasteiger charge is 2.17. The summed E-state index contributed by atoms with van der Waals surface area (Å²) in [5.74, 6) is -0.502. The van der Waals surface area contributed by atoms with E-state index in [0.29, 0.717) is 19.5 Å². The van der Waals surface area contributed by atoms with E-state index in [-0.39, 0.29) is 12.0 Å². The Morgan fingerprint density at radius 2 is 2.14 bits per heavy atom. The first-order chi connectivity index (χ1) is 6.39. The average molecular weight is 203 g/mol. The van der Waals surface area contributed by atoms with Crippen LogP contribution in [0, 0.1) is 5.41 Å². The van der Waals surface area contributed by atoms with Gasteiger partial charge in [-0.05, 0) is 11.8 Å². The van der Waals surface area contributed by atoms with Gasteiger partial charge >= 0.3 is 0 Å². The van der Waals surface area contributed by atoms with Crippen molar-refractivity contribution < 1.29 is 9.90 Å². The van der Waals surface area contributed by atoms with Crippen molar-refractivity contribution in [1.29, 1.82) is 0 Å². The highest BCUT2D eigenvalue weighted by molar-refractivity contribution is 5.79. The van der Waals surface area contributed by atoms with Crippen molar-refractivity contribution >= 4 is 5.91 Å². The summed E-state index contributed by atoms with van der Waals surface area (Å²) in [6.45, 7) is 5.31. The summed E-state index contributed by atoms with van der Waals surface area (Å²) in [5.41, 5.74) is 10.4. The largest absolute Gasteiger partial charge is 0.396 e. The van der Waals surface area contributed by atoms with Gasteiger partial charge in [0.25, 0.3) is 0 Å². The van der Waals surface area contributed by atoms with E-state index in [2.05, 4.69) is 5.32 Å². The van der Waals surface area contributed by atoms with Gasteiger partial charge in [0, 0.05) is 19.7 Å². The molecular weight excluding hydrogens is 182 g/mol. The van der Waals surface area contributed by atoms with E-state index < -0.39 is 11.9 Å². The third-order valence-electron chi connectivity index (χ3n) is 2.12. The fraction of sp³-hybridized carbons (Fsp3) is 0.889. The Morgan fingerprint density at radius 3 is 2.57 bits per heavy atom. The number of aliphatic hydroxyl groups excluding tert-OH is 1. The smallest absolute Gasteiger partial charge is 0.235 e. The standard InChI is InChI=1S/C9H21N3O2/c1-9(2,3-4-13)6-12-5-7(10)8(11)14/h7,12-13H,3-6,10H2,1-2H3,(H2,11,14). The van der Waals surface area contributed by atoms with Gasteiger partial charge < -0.3 is 21.9 Å². The quantitative estimate of drug-likeness (QED) is 0.417. The van der Waals surface area contributed by atoms with Gasteiger partial charge in [-0.25, -0.2) is 0 Å². The molecule has 0 fully saturated rings. The second kappa shape index (κ2) is 5.95. The Hall–Kier alpha value is -0.650. The van der Waals surface area contributed by atoms with Crippen LogP contribution < -0.4 is 16.8 Å². The van der Waals surface area contributed by atoms with Crippen molar-refractivity contribution in [3.63, 3.8) is 0 Å². The molecule has 0 bridgehead atoms. The second-order valence-electron chi connectivity index (χ2n) is 4.28. The molecule has 84 valence electrons. The maximum Gasteiger partial charge on any atom is 0.235 e. The lowest BCUT2D eigenvalue weighted by Crippen LogP contribution is -2.46. The molecule has 0 aliphatic heterocycles. The van der Waals surface area contributed by atoms with Gasteiger partial charge in [0.2, 0.25) is 5.91 Å². The molecule has 0 radical (unpaired) electrons. The minimum absolute atomic E-state index is 0.00607. The molecule has 0 aliphatic carbocycles. The first-order valence-corrected chi connectivity index (χ1v) is 4.75. The van der Waals surface area contributed by atoms with Crippen LogP contribution >= 0.6 is 0 Å². The first kappa shape index (κ1) is 13.4. The van der Waals surface area contributed by atoms with Gasteiger partial charge in [-0.2, -0.15) is 0 Å². The molecule has 0 aliphatic rings. The van der Waals surface area contributed by atoms with E-state index in [0.717, 1.165) is 0 Å². The van der Waals surface area contributed by atoms with E-state index in [1.807, 2.05) is 13.8 Å². The Morgan fingerprint density at radius 1 is 1.57 bits per heavy atom. The molecule has 14 heavy (non-hydrogen) atoms. The number of primary amides is 1. The molecule has 5 heteroatoms. The first-order valence-electron chi connectivity index (χ1n) is 4.75. The number of hydrogen-bond donors (Lipinski definition) is 4. The van der Waals surface area contributed by atoms with Gasteiger partial charge in [-0.1, -0.05) is 13.8 Å². The summed E-state index contributed by atoms with van der Waals surface area (Å²) in [5, 5.41) is 11.8. The van der Waals surface area contributed by atoms with E-state index >= 15 is 0 Å². The molecule has 0 aromatic rings. The lowest BCUT2D eigenvalue weighted by Gasteiger charge is -2.24. The van der Waals surface area contributed by atoms with Crippen molar-refractivity contribution in [2.45, 2.75) is 26.3 Å². The third kappa shape index (κ3) is 5.90. The molecule has 1 atom stereocenters. The van der Waals surface area contributed by atoms with Crippen LogP contribution in [0.3, 0.4) is 0 Å². The van der Waals surface area contributed by atoms with Crippen molar-refractivity contribution in [1.82, 2.24) is 5.32 Å². The maximum atomic E-state index is 10.6. The number of rotatable bonds is 7. The van der Waals surface area contributed by atoms with Crippen LogP contribution in [0.1, 0.15) is 20.3 Å². The predicted octanol–water partition coefficient (Wildman–Crippen LogP) is -1.20. The van der Waals surface area contributed by atoms with E-state index in [9.17, 15) is 4.79 Å². The predicted molar refractivity (Wildman–Crippen MR) is 55.5 cm³/mol. The third-order valence-corrected chi connectivity index (χ3v) is 2.12. The second-order valence-corrected chi connectivity index (χ2v) is 4.28. The maximum absolute atomic E-state index is 10.6. The molecule has 0 saturated carbocycles. The SMILES string of the molecule is CC(C)(CCO)CNCC(N)C(N)=O. The summed E-state index contributed by atoms with van der Waals surface area (Å²) < 4.78 is 0. The molecule has 0 aromatic carbocycles. The Balaban J connectivity index is 3.67. The Kier molecular flexibility index (Phi) is 5.68. The lowest BCUT2D eigenvalue weighted by molar-refractivity contribution is -0.119. The number of carbonyl (C=O) groups is 1. The summed E-state index contributed by atoms with van der Waals surface area (Å²) in [6, 6.07) is -0.639. The molecule has 0 heterocycles. The summed E-state index contributed by atoms with van der Waals surface area (Å²) in [7, 11) is 0. The fourth-order valence-corrected chi connectivity index (χ4v) is 1.06. The molecule has 0 saturated heterocycles.